The van der Waals surface area contributed by atoms with Crippen LogP contribution >= 0.6 is 0 Å². The van der Waals surface area contributed by atoms with Gasteiger partial charge in [0.2, 0.25) is 5.95 Å². The molecule has 0 spiro atoms. The lowest BCUT2D eigenvalue weighted by molar-refractivity contribution is 0.386. The molecule has 0 aliphatic rings. The minimum Gasteiger partial charge on any atom is -0.494 e. The molecule has 1 aromatic carbocycles. The third-order valence-corrected chi connectivity index (χ3v) is 2.44. The molecule has 0 aliphatic heterocycles. The third-order valence-electron chi connectivity index (χ3n) is 2.44. The zero-order valence-electron chi connectivity index (χ0n) is 10.3. The SMILES string of the molecule is CCNc1nccc(-c2ccc(OC)c(F)c2)n1. The number of benzene rings is 1. The summed E-state index contributed by atoms with van der Waals surface area (Å²) >= 11 is 0. The molecule has 1 aromatic heterocycles. The van der Waals surface area contributed by atoms with Gasteiger partial charge in [-0.05, 0) is 31.2 Å². The second-order valence-corrected chi connectivity index (χ2v) is 3.65. The summed E-state index contributed by atoms with van der Waals surface area (Å²) < 4.78 is 18.5. The van der Waals surface area contributed by atoms with Crippen LogP contribution in [0, 0.1) is 5.82 Å². The Morgan fingerprint density at radius 3 is 2.83 bits per heavy atom. The summed E-state index contributed by atoms with van der Waals surface area (Å²) in [5, 5.41) is 3.01. The number of nitrogens with zero attached hydrogens (tertiary/aromatic N) is 2. The van der Waals surface area contributed by atoms with Gasteiger partial charge in [-0.3, -0.25) is 0 Å². The van der Waals surface area contributed by atoms with E-state index in [2.05, 4.69) is 15.3 Å². The Bertz CT molecular complexity index is 546. The zero-order chi connectivity index (χ0) is 13.0. The van der Waals surface area contributed by atoms with Crippen LogP contribution in [0.4, 0.5) is 10.3 Å². The van der Waals surface area contributed by atoms with E-state index in [1.54, 1.807) is 24.4 Å². The molecule has 0 radical (unpaired) electrons. The largest absolute Gasteiger partial charge is 0.494 e. The van der Waals surface area contributed by atoms with Gasteiger partial charge in [0.05, 0.1) is 12.8 Å². The Labute approximate surface area is 105 Å². The van der Waals surface area contributed by atoms with Crippen LogP contribution < -0.4 is 10.1 Å². The minimum absolute atomic E-state index is 0.222. The molecule has 0 unspecified atom stereocenters. The predicted octanol–water partition coefficient (Wildman–Crippen LogP) is 2.72. The van der Waals surface area contributed by atoms with E-state index in [0.717, 1.165) is 6.54 Å². The number of aromatic nitrogens is 2. The molecule has 0 bridgehead atoms. The first kappa shape index (κ1) is 12.3. The molecule has 1 N–H and O–H groups in total. The standard InChI is InChI=1S/C13H14FN3O/c1-3-15-13-16-7-6-11(17-13)9-4-5-12(18-2)10(14)8-9/h4-8H,3H2,1-2H3,(H,15,16,17). The highest BCUT2D eigenvalue weighted by molar-refractivity contribution is 5.61. The smallest absolute Gasteiger partial charge is 0.223 e. The zero-order valence-corrected chi connectivity index (χ0v) is 10.3. The maximum absolute atomic E-state index is 13.6. The molecule has 2 rings (SSSR count). The van der Waals surface area contributed by atoms with Crippen molar-refractivity contribution in [2.45, 2.75) is 6.92 Å². The van der Waals surface area contributed by atoms with E-state index < -0.39 is 5.82 Å². The van der Waals surface area contributed by atoms with Gasteiger partial charge in [-0.25, -0.2) is 14.4 Å². The highest BCUT2D eigenvalue weighted by Gasteiger charge is 2.07. The molecule has 0 fully saturated rings. The first-order valence-electron chi connectivity index (χ1n) is 5.65. The van der Waals surface area contributed by atoms with E-state index in [4.69, 9.17) is 4.74 Å². The van der Waals surface area contributed by atoms with Crippen LogP contribution in [0.5, 0.6) is 5.75 Å². The Morgan fingerprint density at radius 2 is 2.17 bits per heavy atom. The van der Waals surface area contributed by atoms with Gasteiger partial charge in [-0.2, -0.15) is 0 Å². The van der Waals surface area contributed by atoms with Crippen LogP contribution in [0.25, 0.3) is 11.3 Å². The summed E-state index contributed by atoms with van der Waals surface area (Å²) in [7, 11) is 1.44. The van der Waals surface area contributed by atoms with E-state index >= 15 is 0 Å². The van der Waals surface area contributed by atoms with Crippen molar-refractivity contribution in [1.82, 2.24) is 9.97 Å². The molecule has 4 nitrogen and oxygen atoms in total. The van der Waals surface area contributed by atoms with Crippen LogP contribution in [0.15, 0.2) is 30.5 Å². The van der Waals surface area contributed by atoms with Gasteiger partial charge in [-0.1, -0.05) is 0 Å². The first-order chi connectivity index (χ1) is 8.74. The summed E-state index contributed by atoms with van der Waals surface area (Å²) in [5.74, 6) is 0.351. The molecule has 0 saturated carbocycles. The van der Waals surface area contributed by atoms with Gasteiger partial charge in [0.25, 0.3) is 0 Å². The van der Waals surface area contributed by atoms with E-state index in [-0.39, 0.29) is 5.75 Å². The highest BCUT2D eigenvalue weighted by Crippen LogP contribution is 2.24. The van der Waals surface area contributed by atoms with Crippen LogP contribution in [-0.2, 0) is 0 Å². The second-order valence-electron chi connectivity index (χ2n) is 3.65. The number of hydrogen-bond acceptors (Lipinski definition) is 4. The van der Waals surface area contributed by atoms with Crippen molar-refractivity contribution >= 4 is 5.95 Å². The maximum atomic E-state index is 13.6. The van der Waals surface area contributed by atoms with Crippen molar-refractivity contribution in [3.63, 3.8) is 0 Å². The summed E-state index contributed by atoms with van der Waals surface area (Å²) in [6.07, 6.45) is 1.64. The van der Waals surface area contributed by atoms with Crippen LogP contribution in [0.1, 0.15) is 6.92 Å². The Hall–Kier alpha value is -2.17. The van der Waals surface area contributed by atoms with Crippen LogP contribution in [0.3, 0.4) is 0 Å². The number of ether oxygens (including phenoxy) is 1. The summed E-state index contributed by atoms with van der Waals surface area (Å²) in [5.41, 5.74) is 1.36. The average Bonchev–Trinajstić information content (AvgIpc) is 2.39. The lowest BCUT2D eigenvalue weighted by Gasteiger charge is -2.06. The van der Waals surface area contributed by atoms with E-state index in [1.807, 2.05) is 6.92 Å². The fourth-order valence-corrected chi connectivity index (χ4v) is 1.59. The number of anilines is 1. The van der Waals surface area contributed by atoms with Crippen molar-refractivity contribution in [2.75, 3.05) is 19.0 Å². The summed E-state index contributed by atoms with van der Waals surface area (Å²) in [6.45, 7) is 2.70. The molecular formula is C13H14FN3O. The monoisotopic (exact) mass is 247 g/mol. The molecule has 5 heteroatoms. The average molecular weight is 247 g/mol. The van der Waals surface area contributed by atoms with Gasteiger partial charge < -0.3 is 10.1 Å². The fourth-order valence-electron chi connectivity index (χ4n) is 1.59. The molecule has 18 heavy (non-hydrogen) atoms. The van der Waals surface area contributed by atoms with Gasteiger partial charge in [0.1, 0.15) is 0 Å². The summed E-state index contributed by atoms with van der Waals surface area (Å²) in [4.78, 5) is 8.37. The molecule has 94 valence electrons. The second kappa shape index (κ2) is 5.44. The Balaban J connectivity index is 2.36. The quantitative estimate of drug-likeness (QED) is 0.902. The number of rotatable bonds is 4. The topological polar surface area (TPSA) is 47.0 Å². The van der Waals surface area contributed by atoms with Crippen molar-refractivity contribution in [1.29, 1.82) is 0 Å². The minimum atomic E-state index is -0.404. The van der Waals surface area contributed by atoms with Gasteiger partial charge >= 0.3 is 0 Å². The number of hydrogen-bond donors (Lipinski definition) is 1. The molecule has 2 aromatic rings. The molecule has 0 saturated heterocycles. The Kier molecular flexibility index (Phi) is 3.72. The molecule has 0 atom stereocenters. The normalized spacial score (nSPS) is 10.2. The van der Waals surface area contributed by atoms with E-state index in [1.165, 1.54) is 13.2 Å². The van der Waals surface area contributed by atoms with Gasteiger partial charge in [0.15, 0.2) is 11.6 Å². The predicted molar refractivity (Wildman–Crippen MR) is 68.1 cm³/mol. The molecule has 0 amide bonds. The highest BCUT2D eigenvalue weighted by atomic mass is 19.1. The van der Waals surface area contributed by atoms with Crippen molar-refractivity contribution in [3.8, 4) is 17.0 Å². The number of nitrogens with one attached hydrogen (secondary N) is 1. The van der Waals surface area contributed by atoms with Gasteiger partial charge in [-0.15, -0.1) is 0 Å². The Morgan fingerprint density at radius 1 is 1.33 bits per heavy atom. The first-order valence-corrected chi connectivity index (χ1v) is 5.65. The van der Waals surface area contributed by atoms with Crippen LogP contribution in [-0.4, -0.2) is 23.6 Å². The lowest BCUT2D eigenvalue weighted by Crippen LogP contribution is -2.02. The molecule has 1 heterocycles. The van der Waals surface area contributed by atoms with Gasteiger partial charge in [0, 0.05) is 18.3 Å². The van der Waals surface area contributed by atoms with Crippen molar-refractivity contribution < 1.29 is 9.13 Å². The number of halogens is 1. The fraction of sp³-hybridized carbons (Fsp3) is 0.231. The lowest BCUT2D eigenvalue weighted by atomic mass is 10.1. The third kappa shape index (κ3) is 2.56. The summed E-state index contributed by atoms with van der Waals surface area (Å²) in [6, 6.07) is 6.48. The molecule has 0 aliphatic carbocycles. The van der Waals surface area contributed by atoms with Crippen molar-refractivity contribution in [2.24, 2.45) is 0 Å². The molecular weight excluding hydrogens is 233 g/mol. The van der Waals surface area contributed by atoms with E-state index in [9.17, 15) is 4.39 Å². The van der Waals surface area contributed by atoms with Crippen molar-refractivity contribution in [3.05, 3.63) is 36.3 Å². The number of methoxy groups -OCH3 is 1. The van der Waals surface area contributed by atoms with Crippen LogP contribution in [0.2, 0.25) is 0 Å². The van der Waals surface area contributed by atoms with E-state index in [0.29, 0.717) is 17.2 Å². The maximum Gasteiger partial charge on any atom is 0.223 e.